The molecule has 9 nitrogen and oxygen atoms in total. The number of aromatic nitrogens is 3. The molecule has 140 valence electrons. The lowest BCUT2D eigenvalue weighted by Crippen LogP contribution is -2.45. The summed E-state index contributed by atoms with van der Waals surface area (Å²) in [6, 6.07) is 7.83. The van der Waals surface area contributed by atoms with Crippen LogP contribution in [0.5, 0.6) is 0 Å². The van der Waals surface area contributed by atoms with Crippen molar-refractivity contribution in [3.8, 4) is 0 Å². The van der Waals surface area contributed by atoms with Crippen molar-refractivity contribution in [2.24, 2.45) is 11.1 Å². The van der Waals surface area contributed by atoms with Crippen LogP contribution in [0.25, 0.3) is 0 Å². The highest BCUT2D eigenvalue weighted by Gasteiger charge is 2.29. The molecule has 1 saturated heterocycles. The number of hydrogen-bond donors (Lipinski definition) is 2. The van der Waals surface area contributed by atoms with Crippen LogP contribution in [0.1, 0.15) is 24.0 Å². The van der Waals surface area contributed by atoms with Gasteiger partial charge in [0.15, 0.2) is 0 Å². The minimum Gasteiger partial charge on any atom is -0.352 e. The van der Waals surface area contributed by atoms with Crippen LogP contribution >= 0.6 is 0 Å². The number of rotatable bonds is 6. The number of amides is 1. The number of nitrogens with two attached hydrogens (primary N) is 1. The monoisotopic (exact) mass is 378 g/mol. The number of benzene rings is 1. The van der Waals surface area contributed by atoms with Gasteiger partial charge in [0.05, 0.1) is 6.54 Å². The average molecular weight is 378 g/mol. The van der Waals surface area contributed by atoms with Gasteiger partial charge in [0, 0.05) is 25.6 Å². The Morgan fingerprint density at radius 1 is 1.23 bits per heavy atom. The molecule has 0 atom stereocenters. The maximum absolute atomic E-state index is 12.4. The van der Waals surface area contributed by atoms with E-state index in [0.717, 1.165) is 11.1 Å². The Hall–Kier alpha value is -2.30. The fraction of sp³-hybridized carbons (Fsp3) is 0.438. The minimum atomic E-state index is -3.67. The van der Waals surface area contributed by atoms with Gasteiger partial charge in [0.25, 0.3) is 10.2 Å². The van der Waals surface area contributed by atoms with E-state index in [4.69, 9.17) is 5.14 Å². The lowest BCUT2D eigenvalue weighted by Gasteiger charge is -2.29. The molecule has 3 N–H and O–H groups in total. The van der Waals surface area contributed by atoms with Crippen molar-refractivity contribution in [3.05, 3.63) is 48.0 Å². The Bertz CT molecular complexity index is 845. The quantitative estimate of drug-likeness (QED) is 0.724. The van der Waals surface area contributed by atoms with Gasteiger partial charge in [-0.05, 0) is 24.0 Å². The number of nitrogens with one attached hydrogen (secondary N) is 1. The summed E-state index contributed by atoms with van der Waals surface area (Å²) >= 11 is 0. The van der Waals surface area contributed by atoms with Gasteiger partial charge in [-0.3, -0.25) is 4.79 Å². The van der Waals surface area contributed by atoms with E-state index in [1.807, 2.05) is 24.3 Å². The molecule has 0 unspecified atom stereocenters. The third-order valence-corrected chi connectivity index (χ3v) is 5.64. The fourth-order valence-corrected chi connectivity index (χ4v) is 3.79. The molecule has 26 heavy (non-hydrogen) atoms. The molecule has 0 spiro atoms. The highest BCUT2D eigenvalue weighted by atomic mass is 32.2. The number of carbonyl (C=O) groups excluding carboxylic acids is 1. The molecule has 0 saturated carbocycles. The van der Waals surface area contributed by atoms with Crippen molar-refractivity contribution >= 4 is 16.1 Å². The highest BCUT2D eigenvalue weighted by Crippen LogP contribution is 2.19. The standard InChI is InChI=1S/C16H22N6O3S/c17-26(24,25)22-7-5-13(6-8-22)16(23)19-9-14-3-1-2-4-15(14)10-21-12-18-11-20-21/h1-4,11-13H,5-10H2,(H,19,23)(H2,17,24,25). The van der Waals surface area contributed by atoms with Crippen molar-refractivity contribution < 1.29 is 13.2 Å². The third-order valence-electron chi connectivity index (χ3n) is 4.55. The second-order valence-corrected chi connectivity index (χ2v) is 7.84. The molecule has 2 heterocycles. The lowest BCUT2D eigenvalue weighted by atomic mass is 9.97. The fourth-order valence-electron chi connectivity index (χ4n) is 3.07. The topological polar surface area (TPSA) is 123 Å². The molecule has 1 fully saturated rings. The number of piperidine rings is 1. The van der Waals surface area contributed by atoms with Gasteiger partial charge in [-0.2, -0.15) is 17.8 Å². The molecular weight excluding hydrogens is 356 g/mol. The van der Waals surface area contributed by atoms with Crippen molar-refractivity contribution in [2.45, 2.75) is 25.9 Å². The molecule has 1 aliphatic heterocycles. The van der Waals surface area contributed by atoms with Gasteiger partial charge in [-0.1, -0.05) is 24.3 Å². The van der Waals surface area contributed by atoms with E-state index in [0.29, 0.717) is 25.9 Å². The molecule has 0 radical (unpaired) electrons. The maximum atomic E-state index is 12.4. The minimum absolute atomic E-state index is 0.0605. The Balaban J connectivity index is 1.55. The average Bonchev–Trinajstić information content (AvgIpc) is 3.13. The van der Waals surface area contributed by atoms with Crippen LogP contribution in [-0.4, -0.2) is 46.5 Å². The first-order valence-corrected chi connectivity index (χ1v) is 9.88. The summed E-state index contributed by atoms with van der Waals surface area (Å²) in [4.78, 5) is 16.4. The highest BCUT2D eigenvalue weighted by molar-refractivity contribution is 7.86. The normalized spacial score (nSPS) is 16.5. The zero-order valence-corrected chi connectivity index (χ0v) is 15.1. The smallest absolute Gasteiger partial charge is 0.276 e. The Labute approximate surface area is 152 Å². The first-order valence-electron chi connectivity index (χ1n) is 8.38. The summed E-state index contributed by atoms with van der Waals surface area (Å²) in [5.41, 5.74) is 2.07. The Morgan fingerprint density at radius 2 is 1.92 bits per heavy atom. The summed E-state index contributed by atoms with van der Waals surface area (Å²) in [5, 5.41) is 12.2. The zero-order chi connectivity index (χ0) is 18.6. The van der Waals surface area contributed by atoms with Crippen LogP contribution in [0.3, 0.4) is 0 Å². The maximum Gasteiger partial charge on any atom is 0.276 e. The molecule has 3 rings (SSSR count). The van der Waals surface area contributed by atoms with Crippen LogP contribution in [-0.2, 0) is 28.1 Å². The van der Waals surface area contributed by atoms with Gasteiger partial charge >= 0.3 is 0 Å². The Kier molecular flexibility index (Phi) is 5.64. The first kappa shape index (κ1) is 18.5. The van der Waals surface area contributed by atoms with Crippen molar-refractivity contribution in [3.63, 3.8) is 0 Å². The predicted octanol–water partition coefficient (Wildman–Crippen LogP) is -0.142. The number of carbonyl (C=O) groups is 1. The van der Waals surface area contributed by atoms with Crippen molar-refractivity contribution in [1.29, 1.82) is 0 Å². The van der Waals surface area contributed by atoms with Gasteiger partial charge in [-0.25, -0.2) is 14.8 Å². The number of hydrogen-bond acceptors (Lipinski definition) is 5. The molecule has 1 aromatic heterocycles. The van der Waals surface area contributed by atoms with Crippen molar-refractivity contribution in [1.82, 2.24) is 24.4 Å². The van der Waals surface area contributed by atoms with Gasteiger partial charge in [0.1, 0.15) is 12.7 Å². The lowest BCUT2D eigenvalue weighted by molar-refractivity contribution is -0.126. The molecule has 1 aromatic carbocycles. The summed E-state index contributed by atoms with van der Waals surface area (Å²) in [5.74, 6) is -0.259. The molecule has 1 amide bonds. The van der Waals surface area contributed by atoms with Gasteiger partial charge < -0.3 is 5.32 Å². The largest absolute Gasteiger partial charge is 0.352 e. The van der Waals surface area contributed by atoms with Gasteiger partial charge in [0.2, 0.25) is 5.91 Å². The number of nitrogens with zero attached hydrogens (tertiary/aromatic N) is 4. The van der Waals surface area contributed by atoms with Crippen LogP contribution in [0.15, 0.2) is 36.9 Å². The zero-order valence-electron chi connectivity index (χ0n) is 14.3. The van der Waals surface area contributed by atoms with E-state index in [2.05, 4.69) is 15.4 Å². The van der Waals surface area contributed by atoms with Crippen LogP contribution in [0, 0.1) is 5.92 Å². The molecule has 10 heteroatoms. The van der Waals surface area contributed by atoms with E-state index in [1.54, 1.807) is 11.0 Å². The van der Waals surface area contributed by atoms with E-state index in [9.17, 15) is 13.2 Å². The van der Waals surface area contributed by atoms with E-state index in [1.165, 1.54) is 10.6 Å². The SMILES string of the molecule is NS(=O)(=O)N1CCC(C(=O)NCc2ccccc2Cn2cncn2)CC1. The van der Waals surface area contributed by atoms with Crippen molar-refractivity contribution in [2.75, 3.05) is 13.1 Å². The molecular formula is C16H22N6O3S. The molecule has 0 aliphatic carbocycles. The predicted molar refractivity (Wildman–Crippen MR) is 94.8 cm³/mol. The van der Waals surface area contributed by atoms with E-state index in [-0.39, 0.29) is 24.9 Å². The second kappa shape index (κ2) is 7.94. The third kappa shape index (κ3) is 4.65. The Morgan fingerprint density at radius 3 is 2.54 bits per heavy atom. The summed E-state index contributed by atoms with van der Waals surface area (Å²) in [7, 11) is -3.67. The first-order chi connectivity index (χ1) is 12.4. The van der Waals surface area contributed by atoms with Crippen LogP contribution in [0.4, 0.5) is 0 Å². The molecule has 2 aromatic rings. The summed E-state index contributed by atoms with van der Waals surface area (Å²) in [6.45, 7) is 1.55. The second-order valence-electron chi connectivity index (χ2n) is 6.30. The van der Waals surface area contributed by atoms with Gasteiger partial charge in [-0.15, -0.1) is 0 Å². The van der Waals surface area contributed by atoms with Crippen LogP contribution < -0.4 is 10.5 Å². The van der Waals surface area contributed by atoms with Crippen LogP contribution in [0.2, 0.25) is 0 Å². The molecule has 1 aliphatic rings. The van der Waals surface area contributed by atoms with E-state index < -0.39 is 10.2 Å². The van der Waals surface area contributed by atoms with E-state index >= 15 is 0 Å². The summed E-state index contributed by atoms with van der Waals surface area (Å²) in [6.07, 6.45) is 4.08. The molecule has 0 bridgehead atoms. The summed E-state index contributed by atoms with van der Waals surface area (Å²) < 4.78 is 25.6.